The van der Waals surface area contributed by atoms with Crippen molar-refractivity contribution < 1.29 is 9.47 Å². The highest BCUT2D eigenvalue weighted by Gasteiger charge is 2.41. The summed E-state index contributed by atoms with van der Waals surface area (Å²) in [6.45, 7) is 3.36. The summed E-state index contributed by atoms with van der Waals surface area (Å²) in [6, 6.07) is 15.4. The maximum absolute atomic E-state index is 5.64. The van der Waals surface area contributed by atoms with E-state index in [0.29, 0.717) is 0 Å². The van der Waals surface area contributed by atoms with Gasteiger partial charge in [0.1, 0.15) is 0 Å². The molecule has 0 bridgehead atoms. The molecule has 1 aliphatic carbocycles. The number of methoxy groups -OCH3 is 2. The molecule has 1 fully saturated rings. The van der Waals surface area contributed by atoms with Gasteiger partial charge in [-0.25, -0.2) is 0 Å². The lowest BCUT2D eigenvalue weighted by Crippen LogP contribution is -2.47. The first-order valence-electron chi connectivity index (χ1n) is 10.8. The summed E-state index contributed by atoms with van der Waals surface area (Å²) >= 11 is 0. The molecule has 1 heterocycles. The highest BCUT2D eigenvalue weighted by atomic mass is 35.5. The van der Waals surface area contributed by atoms with Crippen molar-refractivity contribution in [1.82, 2.24) is 4.90 Å². The predicted molar refractivity (Wildman–Crippen MR) is 122 cm³/mol. The van der Waals surface area contributed by atoms with E-state index in [-0.39, 0.29) is 17.8 Å². The Hall–Kier alpha value is -1.71. The molecule has 0 aromatic heterocycles. The summed E-state index contributed by atoms with van der Waals surface area (Å²) in [4.78, 5) is 2.68. The Morgan fingerprint density at radius 2 is 1.62 bits per heavy atom. The van der Waals surface area contributed by atoms with Gasteiger partial charge in [-0.3, -0.25) is 4.90 Å². The third kappa shape index (κ3) is 4.73. The van der Waals surface area contributed by atoms with Crippen molar-refractivity contribution in [2.24, 2.45) is 0 Å². The minimum absolute atomic E-state index is 0. The Balaban J connectivity index is 0.00000240. The molecule has 0 saturated heterocycles. The number of benzene rings is 2. The van der Waals surface area contributed by atoms with Crippen LogP contribution in [0, 0.1) is 0 Å². The average molecular weight is 416 g/mol. The first-order valence-corrected chi connectivity index (χ1v) is 10.8. The Labute approximate surface area is 181 Å². The van der Waals surface area contributed by atoms with E-state index in [1.165, 1.54) is 61.8 Å². The Morgan fingerprint density at radius 3 is 2.31 bits per heavy atom. The van der Waals surface area contributed by atoms with Gasteiger partial charge < -0.3 is 9.47 Å². The quantitative estimate of drug-likeness (QED) is 0.597. The zero-order chi connectivity index (χ0) is 19.4. The molecule has 0 radical (unpaired) electrons. The second-order valence-corrected chi connectivity index (χ2v) is 8.51. The van der Waals surface area contributed by atoms with Crippen molar-refractivity contribution in [3.63, 3.8) is 0 Å². The Bertz CT molecular complexity index is 787. The molecule has 3 nitrogen and oxygen atoms in total. The Morgan fingerprint density at radius 1 is 0.931 bits per heavy atom. The molecule has 2 aliphatic rings. The van der Waals surface area contributed by atoms with Crippen molar-refractivity contribution in [1.29, 1.82) is 0 Å². The van der Waals surface area contributed by atoms with E-state index in [1.807, 2.05) is 0 Å². The number of hydrogen-bond acceptors (Lipinski definition) is 3. The lowest BCUT2D eigenvalue weighted by molar-refractivity contribution is 0.139. The molecule has 0 atom stereocenters. The summed E-state index contributed by atoms with van der Waals surface area (Å²) in [5, 5.41) is 0. The molecule has 0 unspecified atom stereocenters. The third-order valence-electron chi connectivity index (χ3n) is 6.69. The van der Waals surface area contributed by atoms with Crippen molar-refractivity contribution in [2.45, 2.75) is 56.9 Å². The summed E-state index contributed by atoms with van der Waals surface area (Å²) in [5.74, 6) is 1.74. The van der Waals surface area contributed by atoms with Crippen LogP contribution in [-0.4, -0.2) is 32.2 Å². The molecule has 4 rings (SSSR count). The van der Waals surface area contributed by atoms with Gasteiger partial charge in [-0.15, -0.1) is 12.4 Å². The number of fused-ring (bicyclic) bond motifs is 2. The monoisotopic (exact) mass is 415 g/mol. The smallest absolute Gasteiger partial charge is 0.161 e. The number of rotatable bonds is 6. The largest absolute Gasteiger partial charge is 0.493 e. The number of aryl methyl sites for hydroxylation is 1. The maximum atomic E-state index is 5.64. The topological polar surface area (TPSA) is 21.7 Å². The van der Waals surface area contributed by atoms with Crippen LogP contribution in [0.25, 0.3) is 0 Å². The van der Waals surface area contributed by atoms with Gasteiger partial charge in [0.25, 0.3) is 0 Å². The summed E-state index contributed by atoms with van der Waals surface area (Å²) in [7, 11) is 3.48. The number of ether oxygens (including phenoxy) is 2. The molecule has 2 aromatic rings. The van der Waals surface area contributed by atoms with E-state index < -0.39 is 0 Å². The van der Waals surface area contributed by atoms with Crippen LogP contribution in [0.5, 0.6) is 11.5 Å². The van der Waals surface area contributed by atoms with E-state index in [2.05, 4.69) is 47.4 Å². The maximum Gasteiger partial charge on any atom is 0.161 e. The molecule has 4 heteroatoms. The fourth-order valence-electron chi connectivity index (χ4n) is 5.32. The van der Waals surface area contributed by atoms with Crippen molar-refractivity contribution in [3.05, 3.63) is 59.2 Å². The highest BCUT2D eigenvalue weighted by Crippen LogP contribution is 2.47. The molecule has 0 amide bonds. The van der Waals surface area contributed by atoms with Gasteiger partial charge >= 0.3 is 0 Å². The van der Waals surface area contributed by atoms with Gasteiger partial charge in [-0.05, 0) is 61.1 Å². The van der Waals surface area contributed by atoms with Gasteiger partial charge in [0.2, 0.25) is 0 Å². The minimum atomic E-state index is 0. The second kappa shape index (κ2) is 9.86. The van der Waals surface area contributed by atoms with Crippen molar-refractivity contribution in [3.8, 4) is 11.5 Å². The summed E-state index contributed by atoms with van der Waals surface area (Å²) in [6.07, 6.45) is 9.01. The number of halogens is 1. The van der Waals surface area contributed by atoms with Crippen molar-refractivity contribution in [2.75, 3.05) is 27.3 Å². The normalized spacial score (nSPS) is 18.0. The van der Waals surface area contributed by atoms with Crippen LogP contribution in [0.2, 0.25) is 0 Å². The molecular formula is C25H34ClNO2. The fourth-order valence-corrected chi connectivity index (χ4v) is 5.32. The van der Waals surface area contributed by atoms with E-state index in [4.69, 9.17) is 9.47 Å². The minimum Gasteiger partial charge on any atom is -0.493 e. The fraction of sp³-hybridized carbons (Fsp3) is 0.520. The summed E-state index contributed by atoms with van der Waals surface area (Å²) in [5.41, 5.74) is 4.69. The lowest BCUT2D eigenvalue weighted by atomic mass is 9.66. The number of hydrogen-bond donors (Lipinski definition) is 0. The molecule has 0 N–H and O–H groups in total. The van der Waals surface area contributed by atoms with E-state index in [1.54, 1.807) is 14.2 Å². The zero-order valence-corrected chi connectivity index (χ0v) is 18.6. The van der Waals surface area contributed by atoms with Crippen LogP contribution in [0.4, 0.5) is 0 Å². The second-order valence-electron chi connectivity index (χ2n) is 8.51. The first-order chi connectivity index (χ1) is 13.7. The standard InChI is InChI=1S/C25H33NO2.ClH/c1-27-23-16-21-18-26(15-9-12-20-10-5-3-6-11-20)19-25(13-7-4-8-14-25)22(21)17-24(23)28-2;/h3,5-6,10-11,16-17H,4,7-9,12-15,18-19H2,1-2H3;1H. The summed E-state index contributed by atoms with van der Waals surface area (Å²) < 4.78 is 11.2. The SMILES string of the molecule is COc1cc2c(cc1OC)C1(CCCCC1)CN(CCCc1ccccc1)C2.Cl. The van der Waals surface area contributed by atoms with Crippen LogP contribution >= 0.6 is 12.4 Å². The molecule has 158 valence electrons. The molecule has 2 aromatic carbocycles. The van der Waals surface area contributed by atoms with Crippen LogP contribution in [0.3, 0.4) is 0 Å². The van der Waals surface area contributed by atoms with Gasteiger partial charge in [-0.2, -0.15) is 0 Å². The number of nitrogens with zero attached hydrogens (tertiary/aromatic N) is 1. The van der Waals surface area contributed by atoms with Crippen LogP contribution in [-0.2, 0) is 18.4 Å². The van der Waals surface area contributed by atoms with E-state index >= 15 is 0 Å². The van der Waals surface area contributed by atoms with E-state index in [9.17, 15) is 0 Å². The lowest BCUT2D eigenvalue weighted by Gasteiger charge is -2.47. The zero-order valence-electron chi connectivity index (χ0n) is 17.8. The third-order valence-corrected chi connectivity index (χ3v) is 6.69. The van der Waals surface area contributed by atoms with Gasteiger partial charge in [0.05, 0.1) is 14.2 Å². The van der Waals surface area contributed by atoms with E-state index in [0.717, 1.165) is 31.0 Å². The highest BCUT2D eigenvalue weighted by molar-refractivity contribution is 5.85. The van der Waals surface area contributed by atoms with Crippen molar-refractivity contribution >= 4 is 12.4 Å². The molecule has 1 saturated carbocycles. The van der Waals surface area contributed by atoms with Crippen LogP contribution < -0.4 is 9.47 Å². The van der Waals surface area contributed by atoms with Crippen LogP contribution in [0.15, 0.2) is 42.5 Å². The van der Waals surface area contributed by atoms with Gasteiger partial charge in [0, 0.05) is 18.5 Å². The predicted octanol–water partition coefficient (Wildman–Crippen LogP) is 5.78. The average Bonchev–Trinajstić information content (AvgIpc) is 2.74. The van der Waals surface area contributed by atoms with Gasteiger partial charge in [-0.1, -0.05) is 49.6 Å². The molecule has 29 heavy (non-hydrogen) atoms. The van der Waals surface area contributed by atoms with Gasteiger partial charge in [0.15, 0.2) is 11.5 Å². The first kappa shape index (κ1) is 22.0. The Kier molecular flexibility index (Phi) is 7.48. The molecule has 1 spiro atoms. The van der Waals surface area contributed by atoms with Crippen LogP contribution in [0.1, 0.15) is 55.2 Å². The molecular weight excluding hydrogens is 382 g/mol. The molecule has 1 aliphatic heterocycles.